The lowest BCUT2D eigenvalue weighted by Gasteiger charge is -2.27. The van der Waals surface area contributed by atoms with Crippen molar-refractivity contribution >= 4 is 33.2 Å². The number of nitrogens with one attached hydrogen (secondary N) is 1. The topological polar surface area (TPSA) is 66.5 Å². The Labute approximate surface area is 223 Å². The van der Waals surface area contributed by atoms with E-state index in [1.807, 2.05) is 81.4 Å². The smallest absolute Gasteiger partial charge is 0.264 e. The third kappa shape index (κ3) is 6.04. The van der Waals surface area contributed by atoms with Gasteiger partial charge in [0.25, 0.3) is 10.0 Å². The molecule has 0 saturated heterocycles. The highest BCUT2D eigenvalue weighted by molar-refractivity contribution is 7.92. The van der Waals surface area contributed by atoms with Crippen molar-refractivity contribution in [2.24, 2.45) is 0 Å². The second kappa shape index (κ2) is 11.2. The van der Waals surface area contributed by atoms with Crippen LogP contribution in [0.2, 0.25) is 5.02 Å². The molecule has 0 bridgehead atoms. The van der Waals surface area contributed by atoms with Gasteiger partial charge in [-0.05, 0) is 85.0 Å². The van der Waals surface area contributed by atoms with Crippen LogP contribution in [0.3, 0.4) is 0 Å². The fraction of sp³-hybridized carbons (Fsp3) is 0.167. The van der Waals surface area contributed by atoms with Crippen molar-refractivity contribution in [2.75, 3.05) is 10.8 Å². The van der Waals surface area contributed by atoms with Crippen LogP contribution < -0.4 is 9.62 Å². The van der Waals surface area contributed by atoms with Crippen molar-refractivity contribution in [3.63, 3.8) is 0 Å². The molecule has 1 amide bonds. The third-order valence-corrected chi connectivity index (χ3v) is 8.45. The van der Waals surface area contributed by atoms with E-state index in [9.17, 15) is 13.2 Å². The van der Waals surface area contributed by atoms with E-state index in [1.54, 1.807) is 12.1 Å². The molecule has 0 fully saturated rings. The molecule has 0 aliphatic heterocycles. The maximum Gasteiger partial charge on any atom is 0.264 e. The first-order chi connectivity index (χ1) is 17.7. The molecule has 190 valence electrons. The van der Waals surface area contributed by atoms with Gasteiger partial charge in [0.2, 0.25) is 5.91 Å². The zero-order valence-corrected chi connectivity index (χ0v) is 22.6. The van der Waals surface area contributed by atoms with Crippen LogP contribution in [0.15, 0.2) is 102 Å². The lowest BCUT2D eigenvalue weighted by atomic mass is 9.95. The normalized spacial score (nSPS) is 12.1. The number of anilines is 1. The van der Waals surface area contributed by atoms with Gasteiger partial charge in [-0.3, -0.25) is 9.10 Å². The van der Waals surface area contributed by atoms with Crippen LogP contribution in [0.4, 0.5) is 5.69 Å². The van der Waals surface area contributed by atoms with E-state index in [2.05, 4.69) is 5.32 Å². The van der Waals surface area contributed by atoms with Crippen molar-refractivity contribution < 1.29 is 13.2 Å². The van der Waals surface area contributed by atoms with Crippen molar-refractivity contribution in [3.8, 4) is 0 Å². The number of rotatable bonds is 8. The van der Waals surface area contributed by atoms with E-state index >= 15 is 0 Å². The summed E-state index contributed by atoms with van der Waals surface area (Å²) in [5, 5.41) is 3.51. The second-order valence-corrected chi connectivity index (χ2v) is 11.3. The number of benzene rings is 4. The summed E-state index contributed by atoms with van der Waals surface area (Å²) >= 11 is 5.99. The Balaban J connectivity index is 1.72. The summed E-state index contributed by atoms with van der Waals surface area (Å²) in [4.78, 5) is 13.6. The van der Waals surface area contributed by atoms with Crippen LogP contribution in [-0.4, -0.2) is 20.9 Å². The molecule has 0 aliphatic rings. The monoisotopic (exact) mass is 532 g/mol. The molecule has 0 unspecified atom stereocenters. The zero-order valence-electron chi connectivity index (χ0n) is 21.0. The fourth-order valence-electron chi connectivity index (χ4n) is 4.16. The first kappa shape index (κ1) is 26.5. The lowest BCUT2D eigenvalue weighted by Crippen LogP contribution is -2.42. The molecule has 0 aliphatic carbocycles. The quantitative estimate of drug-likeness (QED) is 0.287. The molecule has 0 aromatic heterocycles. The maximum absolute atomic E-state index is 13.8. The summed E-state index contributed by atoms with van der Waals surface area (Å²) in [6.45, 7) is 5.47. The van der Waals surface area contributed by atoms with E-state index in [0.29, 0.717) is 10.7 Å². The summed E-state index contributed by atoms with van der Waals surface area (Å²) in [7, 11) is -4.05. The van der Waals surface area contributed by atoms with Crippen LogP contribution in [0, 0.1) is 20.8 Å². The Bertz CT molecular complexity index is 1500. The predicted molar refractivity (Wildman–Crippen MR) is 150 cm³/mol. The maximum atomic E-state index is 13.8. The van der Waals surface area contributed by atoms with Gasteiger partial charge in [0.15, 0.2) is 0 Å². The number of carbonyl (C=O) groups is 1. The Morgan fingerprint density at radius 2 is 1.46 bits per heavy atom. The minimum atomic E-state index is -4.05. The molecule has 0 saturated carbocycles. The summed E-state index contributed by atoms with van der Waals surface area (Å²) in [5.41, 5.74) is 5.25. The summed E-state index contributed by atoms with van der Waals surface area (Å²) in [6, 6.07) is 28.3. The molecule has 0 spiro atoms. The molecule has 4 aromatic rings. The summed E-state index contributed by atoms with van der Waals surface area (Å²) < 4.78 is 28.7. The number of nitrogens with zero attached hydrogens (tertiary/aromatic N) is 1. The first-order valence-electron chi connectivity index (χ1n) is 11.9. The van der Waals surface area contributed by atoms with Crippen molar-refractivity contribution in [3.05, 3.63) is 130 Å². The minimum absolute atomic E-state index is 0.0569. The van der Waals surface area contributed by atoms with Gasteiger partial charge >= 0.3 is 0 Å². The van der Waals surface area contributed by atoms with Crippen molar-refractivity contribution in [1.82, 2.24) is 5.32 Å². The molecular formula is C30H29ClN2O3S. The highest BCUT2D eigenvalue weighted by Gasteiger charge is 2.29. The van der Waals surface area contributed by atoms with E-state index < -0.39 is 22.0 Å². The van der Waals surface area contributed by atoms with Gasteiger partial charge in [0, 0.05) is 5.02 Å². The highest BCUT2D eigenvalue weighted by atomic mass is 35.5. The Morgan fingerprint density at radius 1 is 0.811 bits per heavy atom. The first-order valence-corrected chi connectivity index (χ1v) is 13.7. The molecule has 4 rings (SSSR count). The lowest BCUT2D eigenvalue weighted by molar-refractivity contribution is -0.120. The van der Waals surface area contributed by atoms with Gasteiger partial charge < -0.3 is 5.32 Å². The average molecular weight is 533 g/mol. The Morgan fingerprint density at radius 3 is 2.11 bits per heavy atom. The van der Waals surface area contributed by atoms with Gasteiger partial charge in [0.1, 0.15) is 6.54 Å². The number of hydrogen-bond donors (Lipinski definition) is 1. The number of hydrogen-bond acceptors (Lipinski definition) is 3. The summed E-state index contributed by atoms with van der Waals surface area (Å²) in [5.74, 6) is -0.423. The molecule has 1 atom stereocenters. The molecule has 7 heteroatoms. The van der Waals surface area contributed by atoms with Crippen molar-refractivity contribution in [1.29, 1.82) is 0 Å². The van der Waals surface area contributed by atoms with E-state index in [1.165, 1.54) is 24.3 Å². The van der Waals surface area contributed by atoms with Crippen LogP contribution in [0.5, 0.6) is 0 Å². The van der Waals surface area contributed by atoms with E-state index in [4.69, 9.17) is 11.6 Å². The second-order valence-electron chi connectivity index (χ2n) is 9.00. The molecule has 1 N–H and O–H groups in total. The largest absolute Gasteiger partial charge is 0.344 e. The molecule has 4 aromatic carbocycles. The van der Waals surface area contributed by atoms with Crippen LogP contribution in [-0.2, 0) is 14.8 Å². The molecule has 37 heavy (non-hydrogen) atoms. The van der Waals surface area contributed by atoms with Crippen LogP contribution in [0.25, 0.3) is 0 Å². The number of sulfonamides is 1. The summed E-state index contributed by atoms with van der Waals surface area (Å²) in [6.07, 6.45) is 0. The van der Waals surface area contributed by atoms with Crippen molar-refractivity contribution in [2.45, 2.75) is 31.7 Å². The molecular weight excluding hydrogens is 504 g/mol. The SMILES string of the molecule is Cc1ccc(N(CC(=O)N[C@H](c2ccccc2)c2ccccc2C)S(=O)(=O)c2ccc(Cl)cc2)cc1C. The number of aryl methyl sites for hydroxylation is 3. The molecule has 0 radical (unpaired) electrons. The van der Waals surface area contributed by atoms with Gasteiger partial charge in [-0.2, -0.15) is 0 Å². The molecule has 5 nitrogen and oxygen atoms in total. The van der Waals surface area contributed by atoms with Crippen LogP contribution >= 0.6 is 11.6 Å². The number of amides is 1. The van der Waals surface area contributed by atoms with E-state index in [0.717, 1.165) is 32.1 Å². The molecule has 0 heterocycles. The minimum Gasteiger partial charge on any atom is -0.344 e. The standard InChI is InChI=1S/C30H29ClN2O3S/c1-21-13-16-26(19-23(21)3)33(37(35,36)27-17-14-25(31)15-18-27)20-29(34)32-30(24-10-5-4-6-11-24)28-12-8-7-9-22(28)2/h4-19,30H,20H2,1-3H3,(H,32,34)/t30-/m1/s1. The highest BCUT2D eigenvalue weighted by Crippen LogP contribution is 2.28. The predicted octanol–water partition coefficient (Wildman–Crippen LogP) is 6.37. The van der Waals surface area contributed by atoms with E-state index in [-0.39, 0.29) is 11.4 Å². The number of carbonyl (C=O) groups excluding carboxylic acids is 1. The number of halogens is 1. The fourth-order valence-corrected chi connectivity index (χ4v) is 5.70. The van der Waals surface area contributed by atoms with Gasteiger partial charge in [-0.1, -0.05) is 72.3 Å². The third-order valence-electron chi connectivity index (χ3n) is 6.41. The average Bonchev–Trinajstić information content (AvgIpc) is 2.89. The van der Waals surface area contributed by atoms with Gasteiger partial charge in [-0.15, -0.1) is 0 Å². The Hall–Kier alpha value is -3.61. The van der Waals surface area contributed by atoms with Gasteiger partial charge in [-0.25, -0.2) is 8.42 Å². The Kier molecular flexibility index (Phi) is 8.00. The van der Waals surface area contributed by atoms with Gasteiger partial charge in [0.05, 0.1) is 16.6 Å². The van der Waals surface area contributed by atoms with Crippen LogP contribution in [0.1, 0.15) is 33.9 Å². The zero-order chi connectivity index (χ0) is 26.6.